The van der Waals surface area contributed by atoms with Crippen molar-refractivity contribution in [1.29, 1.82) is 0 Å². The number of likely N-dealkylation sites (tertiary alicyclic amines) is 1. The van der Waals surface area contributed by atoms with E-state index in [0.717, 1.165) is 18.4 Å². The zero-order chi connectivity index (χ0) is 12.3. The van der Waals surface area contributed by atoms with Gasteiger partial charge in [0.05, 0.1) is 0 Å². The largest absolute Gasteiger partial charge is 0.329 e. The predicted octanol–water partition coefficient (Wildman–Crippen LogP) is 3.02. The van der Waals surface area contributed by atoms with Gasteiger partial charge in [0, 0.05) is 12.1 Å². The van der Waals surface area contributed by atoms with Crippen LogP contribution in [-0.4, -0.2) is 30.1 Å². The molecule has 1 heterocycles. The minimum absolute atomic E-state index is 0.307. The van der Waals surface area contributed by atoms with Crippen molar-refractivity contribution in [2.45, 2.75) is 64.3 Å². The van der Waals surface area contributed by atoms with E-state index in [9.17, 15) is 0 Å². The smallest absolute Gasteiger partial charge is 0.0331 e. The van der Waals surface area contributed by atoms with E-state index in [1.165, 1.54) is 58.0 Å². The van der Waals surface area contributed by atoms with Crippen LogP contribution in [0.4, 0.5) is 0 Å². The molecule has 1 saturated carbocycles. The molecule has 2 fully saturated rings. The number of nitrogens with two attached hydrogens (primary N) is 1. The van der Waals surface area contributed by atoms with Crippen LogP contribution in [0.5, 0.6) is 0 Å². The van der Waals surface area contributed by atoms with E-state index < -0.39 is 0 Å². The molecular weight excluding hydrogens is 208 g/mol. The van der Waals surface area contributed by atoms with Gasteiger partial charge in [0.2, 0.25) is 0 Å². The Kier molecular flexibility index (Phi) is 4.48. The van der Waals surface area contributed by atoms with Gasteiger partial charge in [-0.2, -0.15) is 0 Å². The minimum Gasteiger partial charge on any atom is -0.329 e. The molecule has 0 radical (unpaired) electrons. The molecule has 2 aliphatic rings. The first kappa shape index (κ1) is 13.4. The molecule has 2 heteroatoms. The van der Waals surface area contributed by atoms with Gasteiger partial charge < -0.3 is 5.73 Å². The molecule has 0 aromatic rings. The van der Waals surface area contributed by atoms with Crippen LogP contribution in [0.1, 0.15) is 58.8 Å². The second-order valence-corrected chi connectivity index (χ2v) is 6.41. The summed E-state index contributed by atoms with van der Waals surface area (Å²) >= 11 is 0. The van der Waals surface area contributed by atoms with Crippen molar-refractivity contribution in [2.24, 2.45) is 17.6 Å². The Bertz CT molecular complexity index is 237. The molecule has 0 spiro atoms. The molecule has 0 amide bonds. The van der Waals surface area contributed by atoms with Crippen molar-refractivity contribution < 1.29 is 0 Å². The quantitative estimate of drug-likeness (QED) is 0.798. The second kappa shape index (κ2) is 5.71. The zero-order valence-electron chi connectivity index (χ0n) is 11.8. The molecule has 2 atom stereocenters. The summed E-state index contributed by atoms with van der Waals surface area (Å²) < 4.78 is 0. The molecule has 1 aliphatic carbocycles. The van der Waals surface area contributed by atoms with Crippen LogP contribution in [0.2, 0.25) is 0 Å². The fourth-order valence-corrected chi connectivity index (χ4v) is 3.63. The Morgan fingerprint density at radius 2 is 1.94 bits per heavy atom. The van der Waals surface area contributed by atoms with Gasteiger partial charge in [-0.3, -0.25) is 4.90 Å². The zero-order valence-corrected chi connectivity index (χ0v) is 11.8. The van der Waals surface area contributed by atoms with Crippen LogP contribution < -0.4 is 5.73 Å². The standard InChI is InChI=1S/C15H30N2/c1-3-5-13-6-4-10-17(11-9-13)15(2,12-16)14-7-8-14/h13-14H,3-12,16H2,1-2H3. The molecular formula is C15H30N2. The molecule has 0 aromatic carbocycles. The average Bonchev–Trinajstić information content (AvgIpc) is 3.16. The maximum absolute atomic E-state index is 6.08. The van der Waals surface area contributed by atoms with Crippen molar-refractivity contribution in [1.82, 2.24) is 4.90 Å². The maximum atomic E-state index is 6.08. The Labute approximate surface area is 107 Å². The Balaban J connectivity index is 1.92. The van der Waals surface area contributed by atoms with Crippen LogP contribution in [0, 0.1) is 11.8 Å². The Hall–Kier alpha value is -0.0800. The highest BCUT2D eigenvalue weighted by molar-refractivity contribution is 5.00. The predicted molar refractivity (Wildman–Crippen MR) is 74.0 cm³/mol. The summed E-state index contributed by atoms with van der Waals surface area (Å²) in [5, 5.41) is 0. The molecule has 0 aromatic heterocycles. The van der Waals surface area contributed by atoms with E-state index >= 15 is 0 Å². The third kappa shape index (κ3) is 3.03. The second-order valence-electron chi connectivity index (χ2n) is 6.41. The first-order chi connectivity index (χ1) is 8.20. The summed E-state index contributed by atoms with van der Waals surface area (Å²) in [7, 11) is 0. The van der Waals surface area contributed by atoms with Crippen molar-refractivity contribution >= 4 is 0 Å². The molecule has 2 unspecified atom stereocenters. The van der Waals surface area contributed by atoms with Gasteiger partial charge >= 0.3 is 0 Å². The fourth-order valence-electron chi connectivity index (χ4n) is 3.63. The topological polar surface area (TPSA) is 29.3 Å². The first-order valence-corrected chi connectivity index (χ1v) is 7.65. The molecule has 17 heavy (non-hydrogen) atoms. The minimum atomic E-state index is 0.307. The van der Waals surface area contributed by atoms with Gasteiger partial charge in [0.1, 0.15) is 0 Å². The third-order valence-electron chi connectivity index (χ3n) is 5.14. The summed E-state index contributed by atoms with van der Waals surface area (Å²) in [6.45, 7) is 8.14. The first-order valence-electron chi connectivity index (χ1n) is 7.65. The molecule has 2 N–H and O–H groups in total. The van der Waals surface area contributed by atoms with Crippen molar-refractivity contribution in [3.63, 3.8) is 0 Å². The average molecular weight is 238 g/mol. The monoisotopic (exact) mass is 238 g/mol. The molecule has 2 nitrogen and oxygen atoms in total. The van der Waals surface area contributed by atoms with Gasteiger partial charge in [0.15, 0.2) is 0 Å². The van der Waals surface area contributed by atoms with E-state index in [-0.39, 0.29) is 0 Å². The highest BCUT2D eigenvalue weighted by Gasteiger charge is 2.44. The normalized spacial score (nSPS) is 30.9. The van der Waals surface area contributed by atoms with Gasteiger partial charge in [-0.15, -0.1) is 0 Å². The van der Waals surface area contributed by atoms with Crippen LogP contribution in [0.25, 0.3) is 0 Å². The lowest BCUT2D eigenvalue weighted by Gasteiger charge is -2.40. The number of nitrogens with zero attached hydrogens (tertiary/aromatic N) is 1. The van der Waals surface area contributed by atoms with Gasteiger partial charge in [0.25, 0.3) is 0 Å². The van der Waals surface area contributed by atoms with Crippen LogP contribution in [0.15, 0.2) is 0 Å². The number of rotatable bonds is 5. The highest BCUT2D eigenvalue weighted by atomic mass is 15.2. The van der Waals surface area contributed by atoms with Gasteiger partial charge in [-0.1, -0.05) is 19.8 Å². The lowest BCUT2D eigenvalue weighted by atomic mass is 9.92. The highest BCUT2D eigenvalue weighted by Crippen LogP contribution is 2.43. The lowest BCUT2D eigenvalue weighted by Crippen LogP contribution is -2.53. The van der Waals surface area contributed by atoms with Gasteiger partial charge in [-0.25, -0.2) is 0 Å². The van der Waals surface area contributed by atoms with Crippen LogP contribution >= 0.6 is 0 Å². The Morgan fingerprint density at radius 3 is 2.53 bits per heavy atom. The maximum Gasteiger partial charge on any atom is 0.0331 e. The lowest BCUT2D eigenvalue weighted by molar-refractivity contribution is 0.0918. The number of hydrogen-bond donors (Lipinski definition) is 1. The summed E-state index contributed by atoms with van der Waals surface area (Å²) in [6.07, 6.45) is 9.81. The van der Waals surface area contributed by atoms with Crippen LogP contribution in [0.3, 0.4) is 0 Å². The summed E-state index contributed by atoms with van der Waals surface area (Å²) in [5.74, 6) is 1.86. The Morgan fingerprint density at radius 1 is 1.18 bits per heavy atom. The van der Waals surface area contributed by atoms with E-state index in [4.69, 9.17) is 5.73 Å². The van der Waals surface area contributed by atoms with Crippen molar-refractivity contribution in [3.05, 3.63) is 0 Å². The SMILES string of the molecule is CCCC1CCCN(C(C)(CN)C2CC2)CC1. The molecule has 0 bridgehead atoms. The molecule has 1 aliphatic heterocycles. The van der Waals surface area contributed by atoms with Gasteiger partial charge in [-0.05, 0) is 64.0 Å². The van der Waals surface area contributed by atoms with E-state index in [1.54, 1.807) is 0 Å². The number of hydrogen-bond acceptors (Lipinski definition) is 2. The third-order valence-corrected chi connectivity index (χ3v) is 5.14. The van der Waals surface area contributed by atoms with Crippen molar-refractivity contribution in [2.75, 3.05) is 19.6 Å². The van der Waals surface area contributed by atoms with E-state index in [1.807, 2.05) is 0 Å². The van der Waals surface area contributed by atoms with Crippen LogP contribution in [-0.2, 0) is 0 Å². The van der Waals surface area contributed by atoms with E-state index in [2.05, 4.69) is 18.7 Å². The molecule has 2 rings (SSSR count). The summed E-state index contributed by atoms with van der Waals surface area (Å²) in [6, 6.07) is 0. The van der Waals surface area contributed by atoms with E-state index in [0.29, 0.717) is 5.54 Å². The fraction of sp³-hybridized carbons (Fsp3) is 1.00. The van der Waals surface area contributed by atoms with Crippen molar-refractivity contribution in [3.8, 4) is 0 Å². The molecule has 100 valence electrons. The molecule has 1 saturated heterocycles. The summed E-state index contributed by atoms with van der Waals surface area (Å²) in [4.78, 5) is 2.72. The summed E-state index contributed by atoms with van der Waals surface area (Å²) in [5.41, 5.74) is 6.39.